The van der Waals surface area contributed by atoms with Crippen LogP contribution in [-0.2, 0) is 10.2 Å². The Morgan fingerprint density at radius 2 is 1.75 bits per heavy atom. The number of hydrogen-bond acceptors (Lipinski definition) is 4. The van der Waals surface area contributed by atoms with Crippen LogP contribution in [0.3, 0.4) is 0 Å². The Labute approximate surface area is 188 Å². The molecule has 0 unspecified atom stereocenters. The van der Waals surface area contributed by atoms with Gasteiger partial charge in [-0.15, -0.1) is 0 Å². The molecule has 2 aliphatic rings. The van der Waals surface area contributed by atoms with Gasteiger partial charge in [-0.25, -0.2) is 0 Å². The normalized spacial score (nSPS) is 15.5. The van der Waals surface area contributed by atoms with Crippen LogP contribution in [0.2, 0.25) is 0 Å². The van der Waals surface area contributed by atoms with Crippen LogP contribution in [-0.4, -0.2) is 18.8 Å². The van der Waals surface area contributed by atoms with Crippen molar-refractivity contribution in [3.63, 3.8) is 0 Å². The molecule has 5 heteroatoms. The molecule has 5 rings (SSSR count). The number of carbonyl (C=O) groups is 1. The number of amides is 1. The van der Waals surface area contributed by atoms with E-state index in [0.717, 1.165) is 52.3 Å². The van der Waals surface area contributed by atoms with Gasteiger partial charge < -0.3 is 19.5 Å². The van der Waals surface area contributed by atoms with Crippen LogP contribution >= 0.6 is 0 Å². The van der Waals surface area contributed by atoms with Crippen LogP contribution in [0.1, 0.15) is 37.8 Å². The van der Waals surface area contributed by atoms with Crippen LogP contribution in [0.4, 0.5) is 5.69 Å². The summed E-state index contributed by atoms with van der Waals surface area (Å²) < 4.78 is 16.9. The minimum absolute atomic E-state index is 0.0119. The van der Waals surface area contributed by atoms with E-state index in [1.807, 2.05) is 68.4 Å². The molecule has 1 saturated carbocycles. The third-order valence-electron chi connectivity index (χ3n) is 6.15. The quantitative estimate of drug-likeness (QED) is 0.534. The van der Waals surface area contributed by atoms with Gasteiger partial charge in [0.25, 0.3) is 0 Å². The molecule has 1 amide bonds. The molecule has 3 aromatic carbocycles. The van der Waals surface area contributed by atoms with Crippen LogP contribution in [0.15, 0.2) is 60.7 Å². The van der Waals surface area contributed by atoms with Crippen molar-refractivity contribution in [2.45, 2.75) is 45.1 Å². The summed E-state index contributed by atoms with van der Waals surface area (Å²) in [5.41, 5.74) is 4.44. The van der Waals surface area contributed by atoms with E-state index < -0.39 is 5.41 Å². The van der Waals surface area contributed by atoms with Crippen molar-refractivity contribution >= 4 is 11.6 Å². The number of fused-ring (bicyclic) bond motifs is 1. The zero-order chi connectivity index (χ0) is 22.3. The SMILES string of the molecule is Cc1ccc(NC(=O)C2(c3ccc4c(c3)OCO4)CC2)cc1-c1ccccc1OC(C)C. The number of ether oxygens (including phenoxy) is 3. The number of hydrogen-bond donors (Lipinski definition) is 1. The first-order chi connectivity index (χ1) is 15.5. The smallest absolute Gasteiger partial charge is 0.235 e. The Morgan fingerprint density at radius 3 is 2.53 bits per heavy atom. The van der Waals surface area contributed by atoms with Gasteiger partial charge in [0.15, 0.2) is 11.5 Å². The standard InChI is InChI=1S/C27H27NO4/c1-17(2)32-23-7-5-4-6-21(23)22-15-20(10-8-18(22)3)28-26(29)27(12-13-27)19-9-11-24-25(14-19)31-16-30-24/h4-11,14-15,17H,12-13,16H2,1-3H3,(H,28,29). The molecular weight excluding hydrogens is 402 g/mol. The number of rotatable bonds is 6. The lowest BCUT2D eigenvalue weighted by atomic mass is 9.94. The fourth-order valence-electron chi connectivity index (χ4n) is 4.25. The van der Waals surface area contributed by atoms with Crippen LogP contribution in [0, 0.1) is 6.92 Å². The minimum atomic E-state index is -0.509. The van der Waals surface area contributed by atoms with Gasteiger partial charge in [-0.3, -0.25) is 4.79 Å². The Bertz CT molecular complexity index is 1180. The fraction of sp³-hybridized carbons (Fsp3) is 0.296. The van der Waals surface area contributed by atoms with Gasteiger partial charge in [0.05, 0.1) is 11.5 Å². The summed E-state index contributed by atoms with van der Waals surface area (Å²) in [7, 11) is 0. The third-order valence-corrected chi connectivity index (χ3v) is 6.15. The van der Waals surface area contributed by atoms with E-state index in [1.165, 1.54) is 0 Å². The lowest BCUT2D eigenvalue weighted by molar-refractivity contribution is -0.118. The zero-order valence-electron chi connectivity index (χ0n) is 18.6. The molecule has 164 valence electrons. The van der Waals surface area contributed by atoms with E-state index in [0.29, 0.717) is 5.75 Å². The van der Waals surface area contributed by atoms with Crippen molar-refractivity contribution in [3.05, 3.63) is 71.8 Å². The molecule has 1 aliphatic carbocycles. The first-order valence-electron chi connectivity index (χ1n) is 11.0. The van der Waals surface area contributed by atoms with Crippen molar-refractivity contribution < 1.29 is 19.0 Å². The Kier molecular flexibility index (Phi) is 5.04. The Morgan fingerprint density at radius 1 is 0.969 bits per heavy atom. The number of nitrogens with one attached hydrogen (secondary N) is 1. The second-order valence-corrected chi connectivity index (χ2v) is 8.80. The first kappa shape index (κ1) is 20.4. The van der Waals surface area contributed by atoms with Crippen molar-refractivity contribution in [3.8, 4) is 28.4 Å². The molecule has 0 spiro atoms. The predicted molar refractivity (Wildman–Crippen MR) is 124 cm³/mol. The average Bonchev–Trinajstić information content (AvgIpc) is 3.46. The summed E-state index contributed by atoms with van der Waals surface area (Å²) >= 11 is 0. The van der Waals surface area contributed by atoms with Crippen LogP contribution < -0.4 is 19.5 Å². The maximum atomic E-state index is 13.3. The topological polar surface area (TPSA) is 56.8 Å². The predicted octanol–water partition coefficient (Wildman–Crippen LogP) is 5.85. The highest BCUT2D eigenvalue weighted by Crippen LogP contribution is 2.51. The fourth-order valence-corrected chi connectivity index (χ4v) is 4.25. The van der Waals surface area contributed by atoms with Crippen molar-refractivity contribution in [1.29, 1.82) is 0 Å². The Balaban J connectivity index is 1.42. The van der Waals surface area contributed by atoms with E-state index >= 15 is 0 Å². The summed E-state index contributed by atoms with van der Waals surface area (Å²) in [5.74, 6) is 2.29. The molecule has 0 aromatic heterocycles. The average molecular weight is 430 g/mol. The van der Waals surface area contributed by atoms with Crippen LogP contribution in [0.5, 0.6) is 17.2 Å². The molecule has 5 nitrogen and oxygen atoms in total. The molecule has 0 saturated heterocycles. The van der Waals surface area contributed by atoms with E-state index in [2.05, 4.69) is 18.3 Å². The second-order valence-electron chi connectivity index (χ2n) is 8.80. The highest BCUT2D eigenvalue weighted by Gasteiger charge is 2.51. The number of benzene rings is 3. The monoisotopic (exact) mass is 429 g/mol. The van der Waals surface area contributed by atoms with E-state index in [-0.39, 0.29) is 18.8 Å². The molecular formula is C27H27NO4. The molecule has 1 heterocycles. The van der Waals surface area contributed by atoms with Gasteiger partial charge in [0.1, 0.15) is 5.75 Å². The van der Waals surface area contributed by atoms with Gasteiger partial charge in [-0.2, -0.15) is 0 Å². The van der Waals surface area contributed by atoms with Crippen molar-refractivity contribution in [2.75, 3.05) is 12.1 Å². The van der Waals surface area contributed by atoms with E-state index in [9.17, 15) is 4.79 Å². The number of carbonyl (C=O) groups excluding carboxylic acids is 1. The van der Waals surface area contributed by atoms with Gasteiger partial charge in [-0.1, -0.05) is 30.3 Å². The molecule has 0 atom stereocenters. The number of aryl methyl sites for hydroxylation is 1. The zero-order valence-corrected chi connectivity index (χ0v) is 18.6. The summed E-state index contributed by atoms with van der Waals surface area (Å²) in [6.07, 6.45) is 1.72. The second kappa shape index (κ2) is 7.90. The molecule has 1 aliphatic heterocycles. The Hall–Kier alpha value is -3.47. The lowest BCUT2D eigenvalue weighted by Gasteiger charge is -2.19. The van der Waals surface area contributed by atoms with Crippen molar-refractivity contribution in [1.82, 2.24) is 0 Å². The maximum absolute atomic E-state index is 13.3. The summed E-state index contributed by atoms with van der Waals surface area (Å²) in [6.45, 7) is 6.34. The van der Waals surface area contributed by atoms with Gasteiger partial charge in [0.2, 0.25) is 12.7 Å². The molecule has 0 radical (unpaired) electrons. The highest BCUT2D eigenvalue weighted by atomic mass is 16.7. The molecule has 0 bridgehead atoms. The van der Waals surface area contributed by atoms with Gasteiger partial charge in [0, 0.05) is 11.3 Å². The number of para-hydroxylation sites is 1. The highest BCUT2D eigenvalue weighted by molar-refractivity contribution is 6.02. The molecule has 1 N–H and O–H groups in total. The minimum Gasteiger partial charge on any atom is -0.490 e. The summed E-state index contributed by atoms with van der Waals surface area (Å²) in [4.78, 5) is 13.3. The maximum Gasteiger partial charge on any atom is 0.235 e. The van der Waals surface area contributed by atoms with Gasteiger partial charge >= 0.3 is 0 Å². The third kappa shape index (κ3) is 3.68. The van der Waals surface area contributed by atoms with Crippen LogP contribution in [0.25, 0.3) is 11.1 Å². The lowest BCUT2D eigenvalue weighted by Crippen LogP contribution is -2.27. The largest absolute Gasteiger partial charge is 0.490 e. The molecule has 3 aromatic rings. The van der Waals surface area contributed by atoms with E-state index in [4.69, 9.17) is 14.2 Å². The van der Waals surface area contributed by atoms with Crippen molar-refractivity contribution in [2.24, 2.45) is 0 Å². The summed E-state index contributed by atoms with van der Waals surface area (Å²) in [6, 6.07) is 19.9. The number of anilines is 1. The first-order valence-corrected chi connectivity index (χ1v) is 11.0. The van der Waals surface area contributed by atoms with Gasteiger partial charge in [-0.05, 0) is 80.6 Å². The molecule has 32 heavy (non-hydrogen) atoms. The summed E-state index contributed by atoms with van der Waals surface area (Å²) in [5, 5.41) is 3.16. The van der Waals surface area contributed by atoms with E-state index in [1.54, 1.807) is 0 Å². The molecule has 1 fully saturated rings.